The van der Waals surface area contributed by atoms with Gasteiger partial charge in [0.2, 0.25) is 0 Å². The average molecular weight is 295 g/mol. The van der Waals surface area contributed by atoms with Crippen molar-refractivity contribution in [1.29, 1.82) is 0 Å². The SMILES string of the molecule is CC1CC(C)(C)CC(C)(C)C1.CCC1CCCC(CC)C1. The molecule has 2 aliphatic rings. The van der Waals surface area contributed by atoms with Gasteiger partial charge in [0.15, 0.2) is 0 Å². The Morgan fingerprint density at radius 2 is 1.24 bits per heavy atom. The van der Waals surface area contributed by atoms with E-state index in [4.69, 9.17) is 0 Å². The molecule has 2 saturated carbocycles. The second-order valence-corrected chi connectivity index (χ2v) is 9.73. The standard InChI is InChI=1S/C11H22.C10H20/c1-9-6-10(2,3)8-11(4,5)7-9;1-3-9-6-5-7-10(4-2)8-9/h9H,6-8H2,1-5H3;9-10H,3-8H2,1-2H3. The van der Waals surface area contributed by atoms with Crippen molar-refractivity contribution in [3.05, 3.63) is 0 Å². The molecule has 0 bridgehead atoms. The molecule has 0 aliphatic heterocycles. The van der Waals surface area contributed by atoms with Gasteiger partial charge in [-0.1, -0.05) is 80.6 Å². The van der Waals surface area contributed by atoms with Crippen LogP contribution in [0.25, 0.3) is 0 Å². The molecule has 0 nitrogen and oxygen atoms in total. The number of hydrogen-bond donors (Lipinski definition) is 0. The quantitative estimate of drug-likeness (QED) is 0.495. The van der Waals surface area contributed by atoms with Gasteiger partial charge in [-0.05, 0) is 54.3 Å². The zero-order valence-electron chi connectivity index (χ0n) is 16.1. The predicted octanol–water partition coefficient (Wildman–Crippen LogP) is 7.47. The molecule has 0 aromatic rings. The minimum atomic E-state index is 0.584. The van der Waals surface area contributed by atoms with Gasteiger partial charge in [0.25, 0.3) is 0 Å². The Labute approximate surface area is 135 Å². The van der Waals surface area contributed by atoms with Crippen LogP contribution in [0.4, 0.5) is 0 Å². The third-order valence-corrected chi connectivity index (χ3v) is 5.81. The molecule has 0 aromatic carbocycles. The highest BCUT2D eigenvalue weighted by Crippen LogP contribution is 2.47. The van der Waals surface area contributed by atoms with E-state index in [1.807, 2.05) is 0 Å². The molecule has 2 aliphatic carbocycles. The lowest BCUT2D eigenvalue weighted by molar-refractivity contribution is 0.0754. The Bertz CT molecular complexity index is 260. The number of hydrogen-bond acceptors (Lipinski definition) is 0. The van der Waals surface area contributed by atoms with Crippen LogP contribution in [-0.2, 0) is 0 Å². The minimum absolute atomic E-state index is 0.584. The molecule has 2 atom stereocenters. The van der Waals surface area contributed by atoms with Crippen LogP contribution in [0.3, 0.4) is 0 Å². The van der Waals surface area contributed by atoms with Gasteiger partial charge < -0.3 is 0 Å². The van der Waals surface area contributed by atoms with Gasteiger partial charge in [0, 0.05) is 0 Å². The molecule has 0 saturated heterocycles. The fraction of sp³-hybridized carbons (Fsp3) is 1.00. The lowest BCUT2D eigenvalue weighted by Gasteiger charge is -2.44. The van der Waals surface area contributed by atoms with Crippen LogP contribution in [0.2, 0.25) is 0 Å². The number of rotatable bonds is 2. The molecule has 2 unspecified atom stereocenters. The van der Waals surface area contributed by atoms with E-state index in [9.17, 15) is 0 Å². The second-order valence-electron chi connectivity index (χ2n) is 9.73. The highest BCUT2D eigenvalue weighted by atomic mass is 14.4. The molecule has 0 aromatic heterocycles. The third kappa shape index (κ3) is 7.20. The molecular formula is C21H42. The van der Waals surface area contributed by atoms with E-state index in [1.165, 1.54) is 57.8 Å². The first-order chi connectivity index (χ1) is 9.67. The van der Waals surface area contributed by atoms with Crippen LogP contribution in [0.1, 0.15) is 106 Å². The van der Waals surface area contributed by atoms with E-state index >= 15 is 0 Å². The second kappa shape index (κ2) is 8.02. The first kappa shape index (κ1) is 19.0. The smallest absolute Gasteiger partial charge is 0.0347 e. The highest BCUT2D eigenvalue weighted by Gasteiger charge is 2.36. The van der Waals surface area contributed by atoms with Gasteiger partial charge in [-0.3, -0.25) is 0 Å². The normalized spacial score (nSPS) is 32.1. The van der Waals surface area contributed by atoms with E-state index in [0.29, 0.717) is 10.8 Å². The zero-order valence-corrected chi connectivity index (χ0v) is 16.1. The van der Waals surface area contributed by atoms with Crippen LogP contribution in [0.5, 0.6) is 0 Å². The fourth-order valence-electron chi connectivity index (χ4n) is 5.54. The van der Waals surface area contributed by atoms with Crippen molar-refractivity contribution in [3.8, 4) is 0 Å². The summed E-state index contributed by atoms with van der Waals surface area (Å²) in [6.07, 6.45) is 13.1. The Balaban J connectivity index is 0.000000211. The lowest BCUT2D eigenvalue weighted by Crippen LogP contribution is -2.32. The summed E-state index contributed by atoms with van der Waals surface area (Å²) < 4.78 is 0. The summed E-state index contributed by atoms with van der Waals surface area (Å²) in [6, 6.07) is 0. The summed E-state index contributed by atoms with van der Waals surface area (Å²) >= 11 is 0. The summed E-state index contributed by atoms with van der Waals surface area (Å²) in [4.78, 5) is 0. The van der Waals surface area contributed by atoms with Crippen molar-refractivity contribution in [2.24, 2.45) is 28.6 Å². The van der Waals surface area contributed by atoms with Gasteiger partial charge in [-0.25, -0.2) is 0 Å². The summed E-state index contributed by atoms with van der Waals surface area (Å²) in [5.41, 5.74) is 1.17. The fourth-order valence-corrected chi connectivity index (χ4v) is 5.54. The average Bonchev–Trinajstić information content (AvgIpc) is 2.35. The lowest BCUT2D eigenvalue weighted by atomic mass is 9.62. The largest absolute Gasteiger partial charge is 0.0651 e. The van der Waals surface area contributed by atoms with Crippen molar-refractivity contribution >= 4 is 0 Å². The van der Waals surface area contributed by atoms with Crippen molar-refractivity contribution < 1.29 is 0 Å². The maximum atomic E-state index is 2.41. The first-order valence-electron chi connectivity index (χ1n) is 9.67. The monoisotopic (exact) mass is 294 g/mol. The van der Waals surface area contributed by atoms with Crippen molar-refractivity contribution in [2.75, 3.05) is 0 Å². The minimum Gasteiger partial charge on any atom is -0.0651 e. The summed E-state index contributed by atoms with van der Waals surface area (Å²) in [7, 11) is 0. The maximum absolute atomic E-state index is 2.41. The summed E-state index contributed by atoms with van der Waals surface area (Å²) in [6.45, 7) is 16.7. The highest BCUT2D eigenvalue weighted by molar-refractivity contribution is 4.87. The van der Waals surface area contributed by atoms with Crippen molar-refractivity contribution in [3.63, 3.8) is 0 Å². The Morgan fingerprint density at radius 3 is 1.57 bits per heavy atom. The first-order valence-corrected chi connectivity index (χ1v) is 9.67. The van der Waals surface area contributed by atoms with Gasteiger partial charge in [0.1, 0.15) is 0 Å². The summed E-state index contributed by atoms with van der Waals surface area (Å²) in [5.74, 6) is 3.06. The molecular weight excluding hydrogens is 252 g/mol. The molecule has 0 amide bonds. The molecule has 0 N–H and O–H groups in total. The van der Waals surface area contributed by atoms with Crippen LogP contribution >= 0.6 is 0 Å². The van der Waals surface area contributed by atoms with Crippen LogP contribution in [0, 0.1) is 28.6 Å². The summed E-state index contributed by atoms with van der Waals surface area (Å²) in [5, 5.41) is 0. The predicted molar refractivity (Wildman–Crippen MR) is 96.6 cm³/mol. The van der Waals surface area contributed by atoms with Crippen LogP contribution in [-0.4, -0.2) is 0 Å². The van der Waals surface area contributed by atoms with Gasteiger partial charge in [-0.15, -0.1) is 0 Å². The zero-order chi connectivity index (χ0) is 16.1. The van der Waals surface area contributed by atoms with E-state index in [0.717, 1.165) is 17.8 Å². The van der Waals surface area contributed by atoms with Gasteiger partial charge in [-0.2, -0.15) is 0 Å². The van der Waals surface area contributed by atoms with E-state index in [-0.39, 0.29) is 0 Å². The molecule has 0 radical (unpaired) electrons. The van der Waals surface area contributed by atoms with E-state index in [2.05, 4.69) is 48.5 Å². The molecule has 126 valence electrons. The molecule has 0 spiro atoms. The molecule has 2 fully saturated rings. The third-order valence-electron chi connectivity index (χ3n) is 5.81. The molecule has 2 rings (SSSR count). The topological polar surface area (TPSA) is 0 Å². The molecule has 0 heterocycles. The van der Waals surface area contributed by atoms with Crippen LogP contribution in [0.15, 0.2) is 0 Å². The van der Waals surface area contributed by atoms with Crippen LogP contribution < -0.4 is 0 Å². The van der Waals surface area contributed by atoms with Crippen molar-refractivity contribution in [1.82, 2.24) is 0 Å². The Hall–Kier alpha value is 0. The van der Waals surface area contributed by atoms with Gasteiger partial charge >= 0.3 is 0 Å². The molecule has 21 heavy (non-hydrogen) atoms. The van der Waals surface area contributed by atoms with Crippen molar-refractivity contribution in [2.45, 2.75) is 106 Å². The van der Waals surface area contributed by atoms with E-state index < -0.39 is 0 Å². The Kier molecular flexibility index (Phi) is 7.28. The maximum Gasteiger partial charge on any atom is -0.0347 e. The van der Waals surface area contributed by atoms with E-state index in [1.54, 1.807) is 0 Å². The van der Waals surface area contributed by atoms with Gasteiger partial charge in [0.05, 0.1) is 0 Å². The Morgan fingerprint density at radius 1 is 0.810 bits per heavy atom. The molecule has 0 heteroatoms.